The molecule has 2 aliphatic rings. The van der Waals surface area contributed by atoms with E-state index in [4.69, 9.17) is 0 Å². The van der Waals surface area contributed by atoms with E-state index in [9.17, 15) is 18.3 Å². The minimum Gasteiger partial charge on any atom is -0.392 e. The molecule has 2 saturated heterocycles. The van der Waals surface area contributed by atoms with Gasteiger partial charge in [-0.2, -0.15) is 4.31 Å². The van der Waals surface area contributed by atoms with Crippen LogP contribution in [0.2, 0.25) is 0 Å². The maximum atomic E-state index is 12.9. The minimum absolute atomic E-state index is 0.0436. The van der Waals surface area contributed by atoms with Gasteiger partial charge in [0.15, 0.2) is 0 Å². The molecule has 7 nitrogen and oxygen atoms in total. The molecule has 8 heteroatoms. The maximum absolute atomic E-state index is 12.9. The van der Waals surface area contributed by atoms with Crippen LogP contribution in [0.1, 0.15) is 27.7 Å². The summed E-state index contributed by atoms with van der Waals surface area (Å²) in [5.74, 6) is -0.0468. The lowest BCUT2D eigenvalue weighted by molar-refractivity contribution is 0.0768. The Balaban J connectivity index is 1.60. The molecule has 3 atom stereocenters. The molecule has 1 amide bonds. The molecule has 0 aliphatic carbocycles. The first-order chi connectivity index (χ1) is 13.4. The second-order valence-corrected chi connectivity index (χ2v) is 9.46. The number of fused-ring (bicyclic) bond motifs is 1. The highest BCUT2D eigenvalue weighted by Crippen LogP contribution is 2.46. The first-order valence-corrected chi connectivity index (χ1v) is 11.1. The molecular weight excluding hydrogens is 378 g/mol. The van der Waals surface area contributed by atoms with Gasteiger partial charge in [0, 0.05) is 31.7 Å². The van der Waals surface area contributed by atoms with Crippen molar-refractivity contribution >= 4 is 15.9 Å². The Labute approximate surface area is 164 Å². The maximum Gasteiger partial charge on any atom is 0.272 e. The number of likely N-dealkylation sites (tertiary alicyclic amines) is 1. The summed E-state index contributed by atoms with van der Waals surface area (Å²) in [6.07, 6.45) is 2.77. The number of carbonyl (C=O) groups excluding carboxylic acids is 1. The van der Waals surface area contributed by atoms with Gasteiger partial charge in [0.25, 0.3) is 5.91 Å². The molecule has 1 aromatic heterocycles. The fourth-order valence-corrected chi connectivity index (χ4v) is 5.58. The Bertz CT molecular complexity index is 980. The largest absolute Gasteiger partial charge is 0.392 e. The Morgan fingerprint density at radius 1 is 1.18 bits per heavy atom. The first kappa shape index (κ1) is 19.0. The number of aliphatic hydroxyl groups is 1. The van der Waals surface area contributed by atoms with Gasteiger partial charge in [-0.05, 0) is 29.2 Å². The molecule has 1 N–H and O–H groups in total. The van der Waals surface area contributed by atoms with Crippen LogP contribution >= 0.6 is 0 Å². The highest BCUT2D eigenvalue weighted by molar-refractivity contribution is 7.88. The highest BCUT2D eigenvalue weighted by atomic mass is 32.2. The quantitative estimate of drug-likeness (QED) is 0.833. The Morgan fingerprint density at radius 2 is 1.93 bits per heavy atom. The Hall–Kier alpha value is -2.29. The SMILES string of the molecule is CS(=O)(=O)N1C[C@H]2CN(C(=O)c3cc(CO)ccn3)C[C@H]2[C@@H]1c1ccccc1. The minimum atomic E-state index is -3.35. The molecule has 0 spiro atoms. The Kier molecular flexibility index (Phi) is 4.95. The number of pyridine rings is 1. The predicted octanol–water partition coefficient (Wildman–Crippen LogP) is 1.28. The molecule has 2 aromatic rings. The van der Waals surface area contributed by atoms with E-state index in [1.165, 1.54) is 12.5 Å². The van der Waals surface area contributed by atoms with Crippen LogP contribution in [0.4, 0.5) is 0 Å². The third-order valence-corrected chi connectivity index (χ3v) is 6.93. The van der Waals surface area contributed by atoms with Crippen LogP contribution in [0.25, 0.3) is 0 Å². The average molecular weight is 401 g/mol. The number of aromatic nitrogens is 1. The molecular formula is C20H23N3O4S. The van der Waals surface area contributed by atoms with Gasteiger partial charge >= 0.3 is 0 Å². The van der Waals surface area contributed by atoms with Gasteiger partial charge in [0.2, 0.25) is 10.0 Å². The zero-order valence-electron chi connectivity index (χ0n) is 15.6. The summed E-state index contributed by atoms with van der Waals surface area (Å²) in [6.45, 7) is 1.26. The smallest absolute Gasteiger partial charge is 0.272 e. The van der Waals surface area contributed by atoms with E-state index in [0.717, 1.165) is 5.56 Å². The van der Waals surface area contributed by atoms with Gasteiger partial charge in [-0.3, -0.25) is 9.78 Å². The van der Waals surface area contributed by atoms with Crippen LogP contribution in [0.15, 0.2) is 48.7 Å². The van der Waals surface area contributed by atoms with Gasteiger partial charge in [-0.1, -0.05) is 30.3 Å². The first-order valence-electron chi connectivity index (χ1n) is 9.25. The van der Waals surface area contributed by atoms with Crippen LogP contribution in [0, 0.1) is 11.8 Å². The topological polar surface area (TPSA) is 90.8 Å². The van der Waals surface area contributed by atoms with Gasteiger partial charge in [-0.15, -0.1) is 0 Å². The van der Waals surface area contributed by atoms with Gasteiger partial charge in [0.1, 0.15) is 5.69 Å². The van der Waals surface area contributed by atoms with Crippen molar-refractivity contribution in [3.05, 3.63) is 65.5 Å². The highest BCUT2D eigenvalue weighted by Gasteiger charge is 2.51. The summed E-state index contributed by atoms with van der Waals surface area (Å²) in [5.41, 5.74) is 1.90. The van der Waals surface area contributed by atoms with Gasteiger partial charge in [0.05, 0.1) is 18.9 Å². The number of hydrogen-bond donors (Lipinski definition) is 1. The Morgan fingerprint density at radius 3 is 2.61 bits per heavy atom. The normalized spacial score (nSPS) is 25.1. The second-order valence-electron chi connectivity index (χ2n) is 7.53. The second kappa shape index (κ2) is 7.27. The van der Waals surface area contributed by atoms with Crippen molar-refractivity contribution in [3.8, 4) is 0 Å². The van der Waals surface area contributed by atoms with Crippen molar-refractivity contribution in [2.24, 2.45) is 11.8 Å². The standard InChI is InChI=1S/C20H23N3O4S/c1-28(26,27)23-11-16-10-22(20(25)18-9-14(13-24)7-8-21-18)12-17(16)19(23)15-5-3-2-4-6-15/h2-9,16-17,19,24H,10-13H2,1H3/t16-,17-,19+/m1/s1. The molecule has 2 fully saturated rings. The van der Waals surface area contributed by atoms with Crippen molar-refractivity contribution in [1.29, 1.82) is 0 Å². The lowest BCUT2D eigenvalue weighted by Crippen LogP contribution is -2.37. The molecule has 0 saturated carbocycles. The summed E-state index contributed by atoms with van der Waals surface area (Å²) < 4.78 is 26.3. The summed E-state index contributed by atoms with van der Waals surface area (Å²) in [4.78, 5) is 18.8. The zero-order valence-corrected chi connectivity index (χ0v) is 16.4. The molecule has 148 valence electrons. The van der Waals surface area contributed by atoms with E-state index in [1.807, 2.05) is 30.3 Å². The lowest BCUT2D eigenvalue weighted by atomic mass is 9.90. The molecule has 0 bridgehead atoms. The molecule has 4 rings (SSSR count). The summed E-state index contributed by atoms with van der Waals surface area (Å²) in [5, 5.41) is 9.29. The number of hydrogen-bond acceptors (Lipinski definition) is 5. The molecule has 2 aliphatic heterocycles. The number of aliphatic hydroxyl groups excluding tert-OH is 1. The van der Waals surface area contributed by atoms with Crippen LogP contribution in [0.3, 0.4) is 0 Å². The van der Waals surface area contributed by atoms with Crippen LogP contribution in [-0.4, -0.2) is 59.5 Å². The van der Waals surface area contributed by atoms with Gasteiger partial charge < -0.3 is 10.0 Å². The third kappa shape index (κ3) is 3.43. The summed E-state index contributed by atoms with van der Waals surface area (Å²) >= 11 is 0. The van der Waals surface area contributed by atoms with Crippen molar-refractivity contribution in [2.45, 2.75) is 12.6 Å². The van der Waals surface area contributed by atoms with Crippen molar-refractivity contribution in [2.75, 3.05) is 25.9 Å². The molecule has 0 unspecified atom stereocenters. The van der Waals surface area contributed by atoms with Crippen LogP contribution in [-0.2, 0) is 16.6 Å². The van der Waals surface area contributed by atoms with Crippen molar-refractivity contribution in [1.82, 2.24) is 14.2 Å². The van der Waals surface area contributed by atoms with E-state index in [-0.39, 0.29) is 30.4 Å². The fourth-order valence-electron chi connectivity index (χ4n) is 4.43. The number of carbonyl (C=O) groups is 1. The summed E-state index contributed by atoms with van der Waals surface area (Å²) in [7, 11) is -3.35. The van der Waals surface area contributed by atoms with E-state index in [1.54, 1.807) is 21.3 Å². The predicted molar refractivity (Wildman–Crippen MR) is 104 cm³/mol. The van der Waals surface area contributed by atoms with Gasteiger partial charge in [-0.25, -0.2) is 8.42 Å². The number of amides is 1. The number of rotatable bonds is 4. The average Bonchev–Trinajstić information content (AvgIpc) is 3.26. The number of benzene rings is 1. The van der Waals surface area contributed by atoms with E-state index < -0.39 is 10.0 Å². The van der Waals surface area contributed by atoms with Crippen LogP contribution in [0.5, 0.6) is 0 Å². The molecule has 3 heterocycles. The van der Waals surface area contributed by atoms with Crippen LogP contribution < -0.4 is 0 Å². The molecule has 0 radical (unpaired) electrons. The molecule has 1 aromatic carbocycles. The fraction of sp³-hybridized carbons (Fsp3) is 0.400. The number of nitrogens with zero attached hydrogens (tertiary/aromatic N) is 3. The zero-order chi connectivity index (χ0) is 19.9. The summed E-state index contributed by atoms with van der Waals surface area (Å²) in [6, 6.07) is 12.6. The van der Waals surface area contributed by atoms with E-state index >= 15 is 0 Å². The van der Waals surface area contributed by atoms with Crippen molar-refractivity contribution in [3.63, 3.8) is 0 Å². The van der Waals surface area contributed by atoms with Crippen molar-refractivity contribution < 1.29 is 18.3 Å². The third-order valence-electron chi connectivity index (χ3n) is 5.70. The van der Waals surface area contributed by atoms with E-state index in [2.05, 4.69) is 4.98 Å². The lowest BCUT2D eigenvalue weighted by Gasteiger charge is -2.28. The van der Waals surface area contributed by atoms with E-state index in [0.29, 0.717) is 30.9 Å². The molecule has 28 heavy (non-hydrogen) atoms. The number of sulfonamides is 1. The monoisotopic (exact) mass is 401 g/mol.